The molecule has 0 unspecified atom stereocenters. The van der Waals surface area contributed by atoms with Crippen LogP contribution in [0.3, 0.4) is 0 Å². The minimum Gasteiger partial charge on any atom is -0.383 e. The number of hydrogen-bond donors (Lipinski definition) is 3. The number of rotatable bonds is 7. The van der Waals surface area contributed by atoms with Crippen LogP contribution in [0, 0.1) is 0 Å². The highest BCUT2D eigenvalue weighted by atomic mass is 16.5. The lowest BCUT2D eigenvalue weighted by molar-refractivity contribution is -0.114. The third-order valence-electron chi connectivity index (χ3n) is 3.30. The number of amides is 3. The van der Waals surface area contributed by atoms with E-state index in [4.69, 9.17) is 4.74 Å². The first-order valence-electron chi connectivity index (χ1n) is 7.91. The number of aromatic nitrogens is 1. The van der Waals surface area contributed by atoms with Crippen LogP contribution in [0.15, 0.2) is 42.7 Å². The number of hydrogen-bond acceptors (Lipinski definition) is 5. The zero-order valence-corrected chi connectivity index (χ0v) is 14.5. The molecule has 0 aliphatic heterocycles. The molecule has 0 aliphatic rings. The van der Waals surface area contributed by atoms with Crippen molar-refractivity contribution in [3.8, 4) is 0 Å². The summed E-state index contributed by atoms with van der Waals surface area (Å²) in [6.45, 7) is 2.16. The predicted molar refractivity (Wildman–Crippen MR) is 97.1 cm³/mol. The fraction of sp³-hybridized carbons (Fsp3) is 0.222. The standard InChI is InChI=1S/C18H20N4O4/c1-12(23)21-15-4-3-5-16(9-15)22-18(25)14-8-13(10-19-11-14)17(24)20-6-7-26-2/h3-5,8-11H,6-7H2,1-2H3,(H,20,24)(H,21,23)(H,22,25). The number of benzene rings is 1. The van der Waals surface area contributed by atoms with Crippen LogP contribution >= 0.6 is 0 Å². The van der Waals surface area contributed by atoms with Crippen molar-refractivity contribution >= 4 is 29.1 Å². The second-order valence-electron chi connectivity index (χ2n) is 5.43. The highest BCUT2D eigenvalue weighted by molar-refractivity contribution is 6.06. The van der Waals surface area contributed by atoms with E-state index in [9.17, 15) is 14.4 Å². The predicted octanol–water partition coefficient (Wildman–Crippen LogP) is 1.67. The molecule has 0 atom stereocenters. The fourth-order valence-corrected chi connectivity index (χ4v) is 2.14. The number of carbonyl (C=O) groups excluding carboxylic acids is 3. The van der Waals surface area contributed by atoms with Crippen LogP contribution in [0.25, 0.3) is 0 Å². The van der Waals surface area contributed by atoms with E-state index in [0.717, 1.165) is 0 Å². The summed E-state index contributed by atoms with van der Waals surface area (Å²) >= 11 is 0. The van der Waals surface area contributed by atoms with Crippen molar-refractivity contribution < 1.29 is 19.1 Å². The van der Waals surface area contributed by atoms with Gasteiger partial charge in [-0.05, 0) is 24.3 Å². The summed E-state index contributed by atoms with van der Waals surface area (Å²) in [6.07, 6.45) is 2.76. The molecule has 2 aromatic rings. The average molecular weight is 356 g/mol. The molecular weight excluding hydrogens is 336 g/mol. The summed E-state index contributed by atoms with van der Waals surface area (Å²) in [6, 6.07) is 8.20. The van der Waals surface area contributed by atoms with Gasteiger partial charge in [-0.1, -0.05) is 6.07 Å². The maximum absolute atomic E-state index is 12.4. The molecule has 8 nitrogen and oxygen atoms in total. The van der Waals surface area contributed by atoms with Crippen molar-refractivity contribution in [2.75, 3.05) is 30.9 Å². The number of ether oxygens (including phenoxy) is 1. The van der Waals surface area contributed by atoms with Crippen molar-refractivity contribution in [2.24, 2.45) is 0 Å². The van der Waals surface area contributed by atoms with Crippen LogP contribution in [0.2, 0.25) is 0 Å². The summed E-state index contributed by atoms with van der Waals surface area (Å²) in [4.78, 5) is 39.5. The second kappa shape index (κ2) is 9.28. The number of carbonyl (C=O) groups is 3. The molecule has 0 saturated heterocycles. The van der Waals surface area contributed by atoms with Gasteiger partial charge in [-0.25, -0.2) is 0 Å². The first kappa shape index (κ1) is 19.1. The maximum Gasteiger partial charge on any atom is 0.257 e. The van der Waals surface area contributed by atoms with E-state index in [0.29, 0.717) is 24.5 Å². The lowest BCUT2D eigenvalue weighted by Gasteiger charge is -2.09. The Morgan fingerprint density at radius 2 is 1.65 bits per heavy atom. The van der Waals surface area contributed by atoms with E-state index in [1.807, 2.05) is 0 Å². The zero-order chi connectivity index (χ0) is 18.9. The Kier molecular flexibility index (Phi) is 6.81. The van der Waals surface area contributed by atoms with Gasteiger partial charge in [0.15, 0.2) is 0 Å². The largest absolute Gasteiger partial charge is 0.383 e. The van der Waals surface area contributed by atoms with Gasteiger partial charge in [0.25, 0.3) is 11.8 Å². The van der Waals surface area contributed by atoms with E-state index in [2.05, 4.69) is 20.9 Å². The van der Waals surface area contributed by atoms with E-state index in [1.165, 1.54) is 25.4 Å². The van der Waals surface area contributed by atoms with E-state index >= 15 is 0 Å². The molecule has 8 heteroatoms. The Morgan fingerprint density at radius 3 is 2.31 bits per heavy atom. The smallest absolute Gasteiger partial charge is 0.257 e. The minimum absolute atomic E-state index is 0.204. The third-order valence-corrected chi connectivity index (χ3v) is 3.30. The molecule has 136 valence electrons. The van der Waals surface area contributed by atoms with Crippen LogP contribution in [-0.2, 0) is 9.53 Å². The molecule has 0 radical (unpaired) electrons. The molecule has 1 aromatic carbocycles. The van der Waals surface area contributed by atoms with Crippen molar-refractivity contribution in [3.05, 3.63) is 53.9 Å². The van der Waals surface area contributed by atoms with Crippen molar-refractivity contribution in [2.45, 2.75) is 6.92 Å². The number of anilines is 2. The molecule has 2 rings (SSSR count). The van der Waals surface area contributed by atoms with Crippen LogP contribution in [0.5, 0.6) is 0 Å². The van der Waals surface area contributed by atoms with Gasteiger partial charge in [0.1, 0.15) is 0 Å². The molecule has 1 heterocycles. The Labute approximate surface area is 151 Å². The molecule has 0 saturated carbocycles. The molecule has 0 spiro atoms. The quantitative estimate of drug-likeness (QED) is 0.654. The van der Waals surface area contributed by atoms with Gasteiger partial charge in [-0.2, -0.15) is 0 Å². The Hall–Kier alpha value is -3.26. The molecular formula is C18H20N4O4. The van der Waals surface area contributed by atoms with Crippen molar-refractivity contribution in [3.63, 3.8) is 0 Å². The molecule has 26 heavy (non-hydrogen) atoms. The molecule has 3 amide bonds. The van der Waals surface area contributed by atoms with Gasteiger partial charge in [-0.15, -0.1) is 0 Å². The molecule has 0 fully saturated rings. The lowest BCUT2D eigenvalue weighted by atomic mass is 10.1. The first-order valence-corrected chi connectivity index (χ1v) is 7.91. The molecule has 3 N–H and O–H groups in total. The SMILES string of the molecule is COCCNC(=O)c1cncc(C(=O)Nc2cccc(NC(C)=O)c2)c1. The topological polar surface area (TPSA) is 109 Å². The number of pyridine rings is 1. The fourth-order valence-electron chi connectivity index (χ4n) is 2.14. The van der Waals surface area contributed by atoms with Crippen LogP contribution < -0.4 is 16.0 Å². The highest BCUT2D eigenvalue weighted by Gasteiger charge is 2.12. The number of nitrogens with one attached hydrogen (secondary N) is 3. The summed E-state index contributed by atoms with van der Waals surface area (Å²) in [5, 5.41) is 8.01. The third kappa shape index (κ3) is 5.67. The Morgan fingerprint density at radius 1 is 1.00 bits per heavy atom. The van der Waals surface area contributed by atoms with Crippen LogP contribution in [-0.4, -0.2) is 43.0 Å². The van der Waals surface area contributed by atoms with Gasteiger partial charge in [0, 0.05) is 44.3 Å². The zero-order valence-electron chi connectivity index (χ0n) is 14.5. The normalized spacial score (nSPS) is 10.1. The van der Waals surface area contributed by atoms with Gasteiger partial charge in [0.05, 0.1) is 17.7 Å². The summed E-state index contributed by atoms with van der Waals surface area (Å²) in [7, 11) is 1.54. The van der Waals surface area contributed by atoms with Crippen molar-refractivity contribution in [1.82, 2.24) is 10.3 Å². The summed E-state index contributed by atoms with van der Waals surface area (Å²) in [5.41, 5.74) is 1.60. The van der Waals surface area contributed by atoms with Crippen LogP contribution in [0.4, 0.5) is 11.4 Å². The second-order valence-corrected chi connectivity index (χ2v) is 5.43. The number of nitrogens with zero attached hydrogens (tertiary/aromatic N) is 1. The van der Waals surface area contributed by atoms with Gasteiger partial charge >= 0.3 is 0 Å². The number of methoxy groups -OCH3 is 1. The van der Waals surface area contributed by atoms with E-state index < -0.39 is 5.91 Å². The lowest BCUT2D eigenvalue weighted by Crippen LogP contribution is -2.27. The van der Waals surface area contributed by atoms with E-state index in [-0.39, 0.29) is 22.9 Å². The summed E-state index contributed by atoms with van der Waals surface area (Å²) < 4.78 is 4.87. The van der Waals surface area contributed by atoms with E-state index in [1.54, 1.807) is 31.4 Å². The maximum atomic E-state index is 12.4. The highest BCUT2D eigenvalue weighted by Crippen LogP contribution is 2.16. The van der Waals surface area contributed by atoms with Crippen LogP contribution in [0.1, 0.15) is 27.6 Å². The first-order chi connectivity index (χ1) is 12.5. The van der Waals surface area contributed by atoms with Gasteiger partial charge in [0.2, 0.25) is 5.91 Å². The summed E-state index contributed by atoms with van der Waals surface area (Å²) in [5.74, 6) is -0.953. The minimum atomic E-state index is -0.413. The Bertz CT molecular complexity index is 807. The van der Waals surface area contributed by atoms with Gasteiger partial charge in [-0.3, -0.25) is 19.4 Å². The molecule has 0 bridgehead atoms. The average Bonchev–Trinajstić information content (AvgIpc) is 2.61. The van der Waals surface area contributed by atoms with Crippen molar-refractivity contribution in [1.29, 1.82) is 0 Å². The van der Waals surface area contributed by atoms with Gasteiger partial charge < -0.3 is 20.7 Å². The Balaban J connectivity index is 2.07. The molecule has 1 aromatic heterocycles. The monoisotopic (exact) mass is 356 g/mol. The molecule has 0 aliphatic carbocycles.